The third-order valence-electron chi connectivity index (χ3n) is 4.24. The van der Waals surface area contributed by atoms with E-state index in [9.17, 15) is 0 Å². The second-order valence-electron chi connectivity index (χ2n) is 6.29. The maximum atomic E-state index is 3.66. The van der Waals surface area contributed by atoms with Gasteiger partial charge in [0.1, 0.15) is 0 Å². The van der Waals surface area contributed by atoms with Gasteiger partial charge >= 0.3 is 0 Å². The van der Waals surface area contributed by atoms with E-state index in [1.807, 2.05) is 11.3 Å². The molecule has 0 radical (unpaired) electrons. The van der Waals surface area contributed by atoms with Crippen LogP contribution >= 0.6 is 27.3 Å². The summed E-state index contributed by atoms with van der Waals surface area (Å²) in [6.07, 6.45) is 6.83. The summed E-state index contributed by atoms with van der Waals surface area (Å²) in [7, 11) is 2.27. The van der Waals surface area contributed by atoms with Crippen LogP contribution in [-0.2, 0) is 6.54 Å². The lowest BCUT2D eigenvalue weighted by Gasteiger charge is -2.34. The van der Waals surface area contributed by atoms with Crippen LogP contribution in [0.2, 0.25) is 0 Å². The maximum absolute atomic E-state index is 3.66. The summed E-state index contributed by atoms with van der Waals surface area (Å²) in [4.78, 5) is 3.96. The van der Waals surface area contributed by atoms with Crippen LogP contribution in [0.25, 0.3) is 0 Å². The fraction of sp³-hybridized carbons (Fsp3) is 0.750. The molecule has 0 unspecified atom stereocenters. The number of nitrogens with zero attached hydrogens (tertiary/aromatic N) is 1. The first kappa shape index (κ1) is 16.5. The SMILES string of the molecule is CCCNCC1(CN(C)Cc2cc(Br)cs2)CCCC1. The molecular weight excluding hydrogens is 332 g/mol. The number of rotatable bonds is 8. The average molecular weight is 359 g/mol. The standard InChI is InChI=1S/C16H27BrN2S/c1-3-8-18-12-16(6-4-5-7-16)13-19(2)10-15-9-14(17)11-20-15/h9,11,18H,3-8,10,12-13H2,1-2H3. The molecule has 0 saturated heterocycles. The van der Waals surface area contributed by atoms with Crippen molar-refractivity contribution in [3.05, 3.63) is 20.8 Å². The first-order valence-corrected chi connectivity index (χ1v) is 9.43. The predicted octanol–water partition coefficient (Wildman–Crippen LogP) is 4.50. The Labute approximate surface area is 136 Å². The molecule has 1 fully saturated rings. The molecule has 20 heavy (non-hydrogen) atoms. The summed E-state index contributed by atoms with van der Waals surface area (Å²) in [5.41, 5.74) is 0.512. The molecule has 2 rings (SSSR count). The minimum absolute atomic E-state index is 0.512. The Morgan fingerprint density at radius 2 is 2.15 bits per heavy atom. The molecule has 0 aliphatic heterocycles. The zero-order valence-electron chi connectivity index (χ0n) is 12.8. The molecule has 1 saturated carbocycles. The molecule has 1 aromatic heterocycles. The summed E-state index contributed by atoms with van der Waals surface area (Å²) < 4.78 is 1.21. The monoisotopic (exact) mass is 358 g/mol. The number of halogens is 1. The number of nitrogens with one attached hydrogen (secondary N) is 1. The second kappa shape index (κ2) is 7.92. The highest BCUT2D eigenvalue weighted by atomic mass is 79.9. The molecule has 0 amide bonds. The van der Waals surface area contributed by atoms with Crippen LogP contribution in [0.1, 0.15) is 43.9 Å². The summed E-state index contributed by atoms with van der Waals surface area (Å²) in [5.74, 6) is 0. The van der Waals surface area contributed by atoms with Crippen molar-refractivity contribution >= 4 is 27.3 Å². The molecule has 2 nitrogen and oxygen atoms in total. The number of hydrogen-bond acceptors (Lipinski definition) is 3. The Balaban J connectivity index is 1.86. The Bertz CT molecular complexity index is 399. The first-order chi connectivity index (χ1) is 9.63. The normalized spacial score (nSPS) is 18.0. The van der Waals surface area contributed by atoms with Crippen LogP contribution in [0.15, 0.2) is 15.9 Å². The topological polar surface area (TPSA) is 15.3 Å². The first-order valence-electron chi connectivity index (χ1n) is 7.76. The van der Waals surface area contributed by atoms with Crippen LogP contribution in [0.4, 0.5) is 0 Å². The van der Waals surface area contributed by atoms with Crippen molar-refractivity contribution < 1.29 is 0 Å². The van der Waals surface area contributed by atoms with Crippen molar-refractivity contribution in [3.63, 3.8) is 0 Å². The average Bonchev–Trinajstić information content (AvgIpc) is 3.00. The lowest BCUT2D eigenvalue weighted by atomic mass is 9.85. The van der Waals surface area contributed by atoms with Crippen LogP contribution in [-0.4, -0.2) is 31.6 Å². The molecule has 1 heterocycles. The van der Waals surface area contributed by atoms with Crippen molar-refractivity contribution in [1.82, 2.24) is 10.2 Å². The van der Waals surface area contributed by atoms with Gasteiger partial charge in [0.15, 0.2) is 0 Å². The third kappa shape index (κ3) is 4.83. The van der Waals surface area contributed by atoms with Crippen molar-refractivity contribution in [1.29, 1.82) is 0 Å². The van der Waals surface area contributed by atoms with E-state index in [1.165, 1.54) is 54.5 Å². The summed E-state index contributed by atoms with van der Waals surface area (Å²) >= 11 is 5.40. The molecule has 0 aromatic carbocycles. The van der Waals surface area contributed by atoms with E-state index >= 15 is 0 Å². The van der Waals surface area contributed by atoms with Crippen molar-refractivity contribution in [2.45, 2.75) is 45.6 Å². The van der Waals surface area contributed by atoms with Crippen molar-refractivity contribution in [2.24, 2.45) is 5.41 Å². The Hall–Kier alpha value is 0.1000. The molecule has 1 N–H and O–H groups in total. The van der Waals surface area contributed by atoms with Crippen LogP contribution < -0.4 is 5.32 Å². The van der Waals surface area contributed by atoms with Crippen molar-refractivity contribution in [2.75, 3.05) is 26.7 Å². The minimum Gasteiger partial charge on any atom is -0.316 e. The van der Waals surface area contributed by atoms with Crippen LogP contribution in [0.5, 0.6) is 0 Å². The quantitative estimate of drug-likeness (QED) is 0.688. The summed E-state index contributed by atoms with van der Waals surface area (Å²) in [6.45, 7) is 6.89. The van der Waals surface area contributed by atoms with Crippen LogP contribution in [0, 0.1) is 5.41 Å². The largest absolute Gasteiger partial charge is 0.316 e. The minimum atomic E-state index is 0.512. The van der Waals surface area contributed by atoms with Gasteiger partial charge in [-0.2, -0.15) is 0 Å². The van der Waals surface area contributed by atoms with Gasteiger partial charge < -0.3 is 10.2 Å². The van der Waals surface area contributed by atoms with Gasteiger partial charge in [-0.25, -0.2) is 0 Å². The molecule has 0 bridgehead atoms. The summed E-state index contributed by atoms with van der Waals surface area (Å²) in [5, 5.41) is 5.84. The maximum Gasteiger partial charge on any atom is 0.0325 e. The molecule has 4 heteroatoms. The van der Waals surface area contributed by atoms with E-state index in [0.29, 0.717) is 5.41 Å². The molecule has 0 spiro atoms. The Morgan fingerprint density at radius 3 is 2.75 bits per heavy atom. The molecule has 1 aliphatic rings. The second-order valence-corrected chi connectivity index (χ2v) is 8.20. The van der Waals surface area contributed by atoms with Gasteiger partial charge in [-0.1, -0.05) is 19.8 Å². The predicted molar refractivity (Wildman–Crippen MR) is 92.4 cm³/mol. The van der Waals surface area contributed by atoms with E-state index < -0.39 is 0 Å². The van der Waals surface area contributed by atoms with E-state index in [2.05, 4.69) is 51.6 Å². The fourth-order valence-corrected chi connectivity index (χ4v) is 4.91. The highest BCUT2D eigenvalue weighted by Gasteiger charge is 2.34. The Morgan fingerprint density at radius 1 is 1.40 bits per heavy atom. The zero-order chi connectivity index (χ0) is 14.4. The van der Waals surface area contributed by atoms with Crippen LogP contribution in [0.3, 0.4) is 0 Å². The fourth-order valence-electron chi connectivity index (χ4n) is 3.38. The molecular formula is C16H27BrN2S. The van der Waals surface area contributed by atoms with Gasteiger partial charge in [0.2, 0.25) is 0 Å². The highest BCUT2D eigenvalue weighted by Crippen LogP contribution is 2.38. The van der Waals surface area contributed by atoms with E-state index in [4.69, 9.17) is 0 Å². The van der Waals surface area contributed by atoms with Gasteiger partial charge in [-0.05, 0) is 60.3 Å². The van der Waals surface area contributed by atoms with Gasteiger partial charge in [0.25, 0.3) is 0 Å². The lowest BCUT2D eigenvalue weighted by molar-refractivity contribution is 0.169. The Kier molecular flexibility index (Phi) is 6.53. The van der Waals surface area contributed by atoms with E-state index in [1.54, 1.807) is 0 Å². The number of thiophene rings is 1. The lowest BCUT2D eigenvalue weighted by Crippen LogP contribution is -2.41. The van der Waals surface area contributed by atoms with Gasteiger partial charge in [-0.15, -0.1) is 11.3 Å². The summed E-state index contributed by atoms with van der Waals surface area (Å²) in [6, 6.07) is 2.25. The van der Waals surface area contributed by atoms with Crippen molar-refractivity contribution in [3.8, 4) is 0 Å². The smallest absolute Gasteiger partial charge is 0.0325 e. The van der Waals surface area contributed by atoms with Gasteiger partial charge in [0.05, 0.1) is 0 Å². The molecule has 1 aliphatic carbocycles. The van der Waals surface area contributed by atoms with Gasteiger partial charge in [0, 0.05) is 34.4 Å². The molecule has 1 aromatic rings. The zero-order valence-corrected chi connectivity index (χ0v) is 15.2. The number of hydrogen-bond donors (Lipinski definition) is 1. The van der Waals surface area contributed by atoms with E-state index in [0.717, 1.165) is 13.1 Å². The highest BCUT2D eigenvalue weighted by molar-refractivity contribution is 9.10. The van der Waals surface area contributed by atoms with E-state index in [-0.39, 0.29) is 0 Å². The van der Waals surface area contributed by atoms with Gasteiger partial charge in [-0.3, -0.25) is 0 Å². The molecule has 0 atom stereocenters. The molecule has 114 valence electrons. The third-order valence-corrected chi connectivity index (χ3v) is 5.93.